The lowest BCUT2D eigenvalue weighted by Crippen LogP contribution is -2.31. The number of benzene rings is 2. The van der Waals surface area contributed by atoms with Crippen molar-refractivity contribution in [3.63, 3.8) is 0 Å². The maximum Gasteiger partial charge on any atom is 0.268 e. The molecular formula is C21H19FN4O. The first-order chi connectivity index (χ1) is 13.0. The molecular weight excluding hydrogens is 343 g/mol. The molecule has 2 N–H and O–H groups in total. The number of aromatic nitrogens is 3. The Morgan fingerprint density at radius 2 is 2.04 bits per heavy atom. The molecule has 2 aromatic heterocycles. The number of hydrogen-bond acceptors (Lipinski definition) is 2. The zero-order valence-corrected chi connectivity index (χ0v) is 15.0. The molecule has 2 aromatic carbocycles. The number of carbonyl (C=O) groups excluding carboxylic acids is 1. The van der Waals surface area contributed by atoms with E-state index in [1.54, 1.807) is 41.2 Å². The number of amides is 1. The number of imidazole rings is 1. The molecule has 1 amide bonds. The van der Waals surface area contributed by atoms with E-state index in [1.807, 2.05) is 32.2 Å². The van der Waals surface area contributed by atoms with Gasteiger partial charge in [0.05, 0.1) is 0 Å². The van der Waals surface area contributed by atoms with E-state index in [4.69, 9.17) is 0 Å². The number of aryl methyl sites for hydroxylation is 2. The lowest BCUT2D eigenvalue weighted by Gasteiger charge is -2.19. The summed E-state index contributed by atoms with van der Waals surface area (Å²) < 4.78 is 16.2. The van der Waals surface area contributed by atoms with Crippen LogP contribution in [-0.2, 0) is 7.05 Å². The van der Waals surface area contributed by atoms with Gasteiger partial charge in [-0.3, -0.25) is 4.79 Å². The third-order valence-corrected chi connectivity index (χ3v) is 4.63. The van der Waals surface area contributed by atoms with Gasteiger partial charge in [0.2, 0.25) is 0 Å². The highest BCUT2D eigenvalue weighted by atomic mass is 19.1. The Morgan fingerprint density at radius 1 is 1.22 bits per heavy atom. The third-order valence-electron chi connectivity index (χ3n) is 4.63. The van der Waals surface area contributed by atoms with Crippen LogP contribution in [0.1, 0.15) is 33.5 Å². The number of fused-ring (bicyclic) bond motifs is 1. The Hall–Kier alpha value is -3.41. The van der Waals surface area contributed by atoms with E-state index >= 15 is 0 Å². The first kappa shape index (κ1) is 17.0. The fourth-order valence-electron chi connectivity index (χ4n) is 3.23. The van der Waals surface area contributed by atoms with Crippen molar-refractivity contribution in [2.24, 2.45) is 7.05 Å². The van der Waals surface area contributed by atoms with Crippen LogP contribution in [-0.4, -0.2) is 20.4 Å². The molecule has 0 spiro atoms. The lowest BCUT2D eigenvalue weighted by molar-refractivity contribution is 0.0936. The molecule has 0 saturated carbocycles. The van der Waals surface area contributed by atoms with Gasteiger partial charge < -0.3 is 14.9 Å². The van der Waals surface area contributed by atoms with Crippen LogP contribution in [0.3, 0.4) is 0 Å². The predicted octanol–water partition coefficient (Wildman–Crippen LogP) is 3.87. The van der Waals surface area contributed by atoms with E-state index < -0.39 is 11.9 Å². The molecule has 0 bridgehead atoms. The Bertz CT molecular complexity index is 1130. The minimum absolute atomic E-state index is 0.319. The number of halogens is 1. The van der Waals surface area contributed by atoms with Crippen molar-refractivity contribution >= 4 is 16.8 Å². The van der Waals surface area contributed by atoms with Gasteiger partial charge in [0, 0.05) is 35.9 Å². The number of H-pyrrole nitrogens is 1. The maximum absolute atomic E-state index is 14.4. The number of hydrogen-bond donors (Lipinski definition) is 2. The smallest absolute Gasteiger partial charge is 0.268 e. The van der Waals surface area contributed by atoms with Crippen molar-refractivity contribution in [1.29, 1.82) is 0 Å². The SMILES string of the molecule is Cc1ccc2[nH]c(C(=O)NC(c3ccccc3F)c3nccn3C)cc2c1. The van der Waals surface area contributed by atoms with E-state index in [0.717, 1.165) is 16.5 Å². The van der Waals surface area contributed by atoms with Gasteiger partial charge in [0.25, 0.3) is 5.91 Å². The zero-order valence-electron chi connectivity index (χ0n) is 15.0. The van der Waals surface area contributed by atoms with E-state index in [1.165, 1.54) is 6.07 Å². The van der Waals surface area contributed by atoms with Gasteiger partial charge in [0.15, 0.2) is 0 Å². The maximum atomic E-state index is 14.4. The van der Waals surface area contributed by atoms with E-state index in [0.29, 0.717) is 17.1 Å². The van der Waals surface area contributed by atoms with Crippen LogP contribution in [0.25, 0.3) is 10.9 Å². The second-order valence-corrected chi connectivity index (χ2v) is 6.60. The molecule has 0 aliphatic heterocycles. The van der Waals surface area contributed by atoms with Gasteiger partial charge in [-0.15, -0.1) is 0 Å². The van der Waals surface area contributed by atoms with Crippen LogP contribution >= 0.6 is 0 Å². The highest BCUT2D eigenvalue weighted by molar-refractivity contribution is 5.98. The summed E-state index contributed by atoms with van der Waals surface area (Å²) in [5, 5.41) is 3.87. The molecule has 5 nitrogen and oxygen atoms in total. The quantitative estimate of drug-likeness (QED) is 0.579. The normalized spacial score (nSPS) is 12.3. The van der Waals surface area contributed by atoms with E-state index in [9.17, 15) is 9.18 Å². The molecule has 4 rings (SSSR count). The summed E-state index contributed by atoms with van der Waals surface area (Å²) >= 11 is 0. The van der Waals surface area contributed by atoms with Gasteiger partial charge in [-0.1, -0.05) is 29.8 Å². The first-order valence-corrected chi connectivity index (χ1v) is 8.65. The number of rotatable bonds is 4. The lowest BCUT2D eigenvalue weighted by atomic mass is 10.1. The molecule has 0 fully saturated rings. The number of nitrogens with zero attached hydrogens (tertiary/aromatic N) is 2. The van der Waals surface area contributed by atoms with Gasteiger partial charge in [-0.2, -0.15) is 0 Å². The predicted molar refractivity (Wildman–Crippen MR) is 102 cm³/mol. The summed E-state index contributed by atoms with van der Waals surface area (Å²) in [6.45, 7) is 2.00. The highest BCUT2D eigenvalue weighted by Gasteiger charge is 2.24. The molecule has 136 valence electrons. The van der Waals surface area contributed by atoms with Crippen LogP contribution in [0, 0.1) is 12.7 Å². The van der Waals surface area contributed by atoms with Crippen molar-refractivity contribution in [2.45, 2.75) is 13.0 Å². The number of carbonyl (C=O) groups is 1. The molecule has 2 heterocycles. The Labute approximate surface area is 155 Å². The van der Waals surface area contributed by atoms with Crippen molar-refractivity contribution in [1.82, 2.24) is 19.9 Å². The number of nitrogens with one attached hydrogen (secondary N) is 2. The topological polar surface area (TPSA) is 62.7 Å². The van der Waals surface area contributed by atoms with Gasteiger partial charge >= 0.3 is 0 Å². The summed E-state index contributed by atoms with van der Waals surface area (Å²) in [4.78, 5) is 20.3. The zero-order chi connectivity index (χ0) is 19.0. The summed E-state index contributed by atoms with van der Waals surface area (Å²) in [6.07, 6.45) is 3.39. The average Bonchev–Trinajstić information content (AvgIpc) is 3.26. The highest BCUT2D eigenvalue weighted by Crippen LogP contribution is 2.24. The Morgan fingerprint density at radius 3 is 2.78 bits per heavy atom. The molecule has 27 heavy (non-hydrogen) atoms. The summed E-state index contributed by atoms with van der Waals surface area (Å²) in [6, 6.07) is 13.4. The van der Waals surface area contributed by atoms with Crippen LogP contribution < -0.4 is 5.32 Å². The summed E-state index contributed by atoms with van der Waals surface area (Å²) in [5.41, 5.74) is 2.79. The average molecular weight is 362 g/mol. The second kappa shape index (κ2) is 6.72. The minimum Gasteiger partial charge on any atom is -0.351 e. The van der Waals surface area contributed by atoms with Crippen LogP contribution in [0.4, 0.5) is 4.39 Å². The second-order valence-electron chi connectivity index (χ2n) is 6.60. The van der Waals surface area contributed by atoms with E-state index in [-0.39, 0.29) is 5.91 Å². The number of aromatic amines is 1. The first-order valence-electron chi connectivity index (χ1n) is 8.65. The molecule has 0 radical (unpaired) electrons. The van der Waals surface area contributed by atoms with Gasteiger partial charge in [-0.05, 0) is 31.2 Å². The van der Waals surface area contributed by atoms with Crippen molar-refractivity contribution < 1.29 is 9.18 Å². The van der Waals surface area contributed by atoms with Crippen LogP contribution in [0.5, 0.6) is 0 Å². The molecule has 0 aliphatic rings. The summed E-state index contributed by atoms with van der Waals surface area (Å²) in [7, 11) is 1.81. The van der Waals surface area contributed by atoms with Gasteiger partial charge in [0.1, 0.15) is 23.4 Å². The van der Waals surface area contributed by atoms with Crippen molar-refractivity contribution in [2.75, 3.05) is 0 Å². The minimum atomic E-state index is -0.702. The van der Waals surface area contributed by atoms with Gasteiger partial charge in [-0.25, -0.2) is 9.37 Å². The fraction of sp³-hybridized carbons (Fsp3) is 0.143. The molecule has 6 heteroatoms. The van der Waals surface area contributed by atoms with Crippen LogP contribution in [0.2, 0.25) is 0 Å². The molecule has 4 aromatic rings. The molecule has 1 atom stereocenters. The third kappa shape index (κ3) is 3.21. The Kier molecular flexibility index (Phi) is 4.24. The molecule has 1 unspecified atom stereocenters. The Balaban J connectivity index is 1.71. The fourth-order valence-corrected chi connectivity index (χ4v) is 3.23. The van der Waals surface area contributed by atoms with Crippen molar-refractivity contribution in [3.05, 3.63) is 89.4 Å². The molecule has 0 aliphatic carbocycles. The largest absolute Gasteiger partial charge is 0.351 e. The summed E-state index contributed by atoms with van der Waals surface area (Å²) in [5.74, 6) is -0.154. The standard InChI is InChI=1S/C21H19FN4O/c1-13-7-8-17-14(11-13)12-18(24-17)21(27)25-19(20-23-9-10-26(20)2)15-5-3-4-6-16(15)22/h3-12,19,24H,1-2H3,(H,25,27). The van der Waals surface area contributed by atoms with Crippen LogP contribution in [0.15, 0.2) is 60.9 Å². The van der Waals surface area contributed by atoms with Crippen molar-refractivity contribution in [3.8, 4) is 0 Å². The van der Waals surface area contributed by atoms with E-state index in [2.05, 4.69) is 15.3 Å². The monoisotopic (exact) mass is 362 g/mol. The molecule has 0 saturated heterocycles.